The first kappa shape index (κ1) is 20.3. The van der Waals surface area contributed by atoms with Gasteiger partial charge in [-0.3, -0.25) is 24.2 Å². The van der Waals surface area contributed by atoms with Gasteiger partial charge in [-0.25, -0.2) is 0 Å². The number of carbonyl (C=O) groups excluding carboxylic acids is 3. The molecule has 1 aromatic rings. The molecule has 1 heterocycles. The fourth-order valence-electron chi connectivity index (χ4n) is 2.52. The lowest BCUT2D eigenvalue weighted by Crippen LogP contribution is -2.45. The van der Waals surface area contributed by atoms with E-state index in [0.717, 1.165) is 23.1 Å². The van der Waals surface area contributed by atoms with Gasteiger partial charge in [0.2, 0.25) is 11.8 Å². The number of nitrogens with one attached hydrogen (secondary N) is 1. The highest BCUT2D eigenvalue weighted by Gasteiger charge is 2.29. The van der Waals surface area contributed by atoms with Crippen LogP contribution in [0.5, 0.6) is 5.75 Å². The van der Waals surface area contributed by atoms with Gasteiger partial charge < -0.3 is 10.1 Å². The summed E-state index contributed by atoms with van der Waals surface area (Å²) in [4.78, 5) is 38.4. The molecule has 8 heteroatoms. The number of hydrogen-bond acceptors (Lipinski definition) is 6. The molecule has 0 spiro atoms. The van der Waals surface area contributed by atoms with Crippen LogP contribution >= 0.6 is 11.8 Å². The Labute approximate surface area is 158 Å². The summed E-state index contributed by atoms with van der Waals surface area (Å²) < 4.78 is 5.42. The summed E-state index contributed by atoms with van der Waals surface area (Å²) in [6, 6.07) is 7.46. The van der Waals surface area contributed by atoms with Crippen LogP contribution in [0.1, 0.15) is 19.4 Å². The van der Waals surface area contributed by atoms with E-state index in [1.807, 2.05) is 50.1 Å². The van der Waals surface area contributed by atoms with Crippen molar-refractivity contribution >= 4 is 28.8 Å². The highest BCUT2D eigenvalue weighted by molar-refractivity contribution is 8.14. The number of benzene rings is 1. The van der Waals surface area contributed by atoms with Crippen LogP contribution in [0, 0.1) is 0 Å². The lowest BCUT2D eigenvalue weighted by atomic mass is 10.2. The molecule has 2 rings (SSSR count). The smallest absolute Gasteiger partial charge is 0.288 e. The fraction of sp³-hybridized carbons (Fsp3) is 0.500. The average Bonchev–Trinajstić information content (AvgIpc) is 2.94. The molecule has 0 aliphatic carbocycles. The summed E-state index contributed by atoms with van der Waals surface area (Å²) in [6.07, 6.45) is 0. The molecule has 7 nitrogen and oxygen atoms in total. The summed E-state index contributed by atoms with van der Waals surface area (Å²) in [7, 11) is 1.88. The minimum atomic E-state index is -0.332. The summed E-state index contributed by atoms with van der Waals surface area (Å²) in [5.74, 6) is 0.683. The Kier molecular flexibility index (Phi) is 7.47. The van der Waals surface area contributed by atoms with E-state index in [0.29, 0.717) is 13.2 Å². The van der Waals surface area contributed by atoms with E-state index >= 15 is 0 Å². The number of carbonyl (C=O) groups is 3. The molecular formula is C18H25N3O4S. The van der Waals surface area contributed by atoms with Gasteiger partial charge in [0.1, 0.15) is 5.75 Å². The largest absolute Gasteiger partial charge is 0.494 e. The van der Waals surface area contributed by atoms with Crippen LogP contribution in [0.2, 0.25) is 0 Å². The third-order valence-electron chi connectivity index (χ3n) is 4.18. The zero-order valence-electron chi connectivity index (χ0n) is 15.4. The average molecular weight is 379 g/mol. The number of thioether (sulfide) groups is 1. The van der Waals surface area contributed by atoms with Gasteiger partial charge in [0, 0.05) is 19.6 Å². The number of rotatable bonds is 9. The number of ether oxygens (including phenoxy) is 1. The zero-order chi connectivity index (χ0) is 19.1. The van der Waals surface area contributed by atoms with Gasteiger partial charge in [-0.05, 0) is 38.6 Å². The van der Waals surface area contributed by atoms with Gasteiger partial charge in [-0.2, -0.15) is 0 Å². The lowest BCUT2D eigenvalue weighted by molar-refractivity contribution is -0.127. The Hall–Kier alpha value is -2.06. The van der Waals surface area contributed by atoms with Gasteiger partial charge in [0.15, 0.2) is 0 Å². The summed E-state index contributed by atoms with van der Waals surface area (Å²) >= 11 is 0.996. The molecule has 142 valence electrons. The molecule has 0 aromatic heterocycles. The molecule has 1 aliphatic heterocycles. The topological polar surface area (TPSA) is 79.0 Å². The van der Waals surface area contributed by atoms with E-state index < -0.39 is 0 Å². The van der Waals surface area contributed by atoms with Crippen molar-refractivity contribution in [2.75, 3.05) is 32.5 Å². The molecule has 0 unspecified atom stereocenters. The fourth-order valence-corrected chi connectivity index (χ4v) is 3.27. The molecule has 3 amide bonds. The Bertz CT molecular complexity index is 634. The van der Waals surface area contributed by atoms with Crippen LogP contribution in [0.15, 0.2) is 24.3 Å². The number of likely N-dealkylation sites (N-methyl/N-ethyl adjacent to an activating group) is 1. The molecule has 0 saturated carbocycles. The van der Waals surface area contributed by atoms with Crippen LogP contribution in [0.25, 0.3) is 0 Å². The molecule has 1 atom stereocenters. The first-order valence-corrected chi connectivity index (χ1v) is 9.57. The van der Waals surface area contributed by atoms with Crippen molar-refractivity contribution in [2.24, 2.45) is 0 Å². The van der Waals surface area contributed by atoms with E-state index in [2.05, 4.69) is 5.32 Å². The van der Waals surface area contributed by atoms with Crippen molar-refractivity contribution in [3.63, 3.8) is 0 Å². The Morgan fingerprint density at radius 2 is 2.04 bits per heavy atom. The normalized spacial score (nSPS) is 15.5. The maximum atomic E-state index is 12.3. The van der Waals surface area contributed by atoms with Crippen molar-refractivity contribution in [1.82, 2.24) is 15.1 Å². The lowest BCUT2D eigenvalue weighted by Gasteiger charge is -2.24. The van der Waals surface area contributed by atoms with E-state index in [-0.39, 0.29) is 41.9 Å². The third-order valence-corrected chi connectivity index (χ3v) is 5.04. The molecule has 26 heavy (non-hydrogen) atoms. The van der Waals surface area contributed by atoms with Crippen LogP contribution in [0.4, 0.5) is 4.79 Å². The molecule has 1 aromatic carbocycles. The quantitative estimate of drug-likeness (QED) is 0.704. The Balaban J connectivity index is 1.77. The number of imide groups is 1. The van der Waals surface area contributed by atoms with Gasteiger partial charge >= 0.3 is 0 Å². The van der Waals surface area contributed by atoms with E-state index in [1.54, 1.807) is 0 Å². The van der Waals surface area contributed by atoms with Gasteiger partial charge in [-0.15, -0.1) is 0 Å². The van der Waals surface area contributed by atoms with Crippen LogP contribution < -0.4 is 10.1 Å². The molecule has 1 N–H and O–H groups in total. The second-order valence-electron chi connectivity index (χ2n) is 6.06. The van der Waals surface area contributed by atoms with E-state index in [4.69, 9.17) is 4.74 Å². The monoisotopic (exact) mass is 379 g/mol. The van der Waals surface area contributed by atoms with Crippen molar-refractivity contribution < 1.29 is 19.1 Å². The Morgan fingerprint density at radius 1 is 1.35 bits per heavy atom. The van der Waals surface area contributed by atoms with Crippen molar-refractivity contribution in [2.45, 2.75) is 26.4 Å². The van der Waals surface area contributed by atoms with Crippen LogP contribution in [-0.4, -0.2) is 65.4 Å². The van der Waals surface area contributed by atoms with Crippen molar-refractivity contribution in [3.8, 4) is 5.75 Å². The van der Waals surface area contributed by atoms with Crippen LogP contribution in [-0.2, 0) is 16.1 Å². The Morgan fingerprint density at radius 3 is 2.62 bits per heavy atom. The van der Waals surface area contributed by atoms with Gasteiger partial charge in [-0.1, -0.05) is 23.9 Å². The highest BCUT2D eigenvalue weighted by atomic mass is 32.2. The predicted molar refractivity (Wildman–Crippen MR) is 101 cm³/mol. The standard InChI is InChI=1S/C18H25N3O4S/c1-4-25-15-7-5-14(6-8-15)11-20(3)13(2)17(23)19-9-10-21-16(22)12-26-18(21)24/h5-8,13H,4,9-12H2,1-3H3,(H,19,23)/t13-/m0/s1. The second-order valence-corrected chi connectivity index (χ2v) is 6.99. The minimum absolute atomic E-state index is 0.134. The second kappa shape index (κ2) is 9.59. The van der Waals surface area contributed by atoms with Crippen molar-refractivity contribution in [3.05, 3.63) is 29.8 Å². The molecule has 1 aliphatic rings. The van der Waals surface area contributed by atoms with Gasteiger partial charge in [0.25, 0.3) is 5.24 Å². The van der Waals surface area contributed by atoms with E-state index in [1.165, 1.54) is 4.90 Å². The first-order valence-electron chi connectivity index (χ1n) is 8.59. The van der Waals surface area contributed by atoms with Crippen molar-refractivity contribution in [1.29, 1.82) is 0 Å². The predicted octanol–water partition coefficient (Wildman–Crippen LogP) is 1.72. The summed E-state index contributed by atoms with van der Waals surface area (Å²) in [5.41, 5.74) is 1.08. The molecule has 1 fully saturated rings. The maximum absolute atomic E-state index is 12.3. The number of nitrogens with zero attached hydrogens (tertiary/aromatic N) is 2. The first-order chi connectivity index (χ1) is 12.4. The minimum Gasteiger partial charge on any atom is -0.494 e. The maximum Gasteiger partial charge on any atom is 0.288 e. The highest BCUT2D eigenvalue weighted by Crippen LogP contribution is 2.18. The number of hydrogen-bond donors (Lipinski definition) is 1. The SMILES string of the molecule is CCOc1ccc(CN(C)[C@@H](C)C(=O)NCCN2C(=O)CSC2=O)cc1. The number of amides is 3. The summed E-state index contributed by atoms with van der Waals surface area (Å²) in [5, 5.41) is 2.54. The van der Waals surface area contributed by atoms with E-state index in [9.17, 15) is 14.4 Å². The molecule has 0 radical (unpaired) electrons. The van der Waals surface area contributed by atoms with Crippen LogP contribution in [0.3, 0.4) is 0 Å². The third kappa shape index (κ3) is 5.47. The summed E-state index contributed by atoms with van der Waals surface area (Å²) in [6.45, 7) is 5.50. The zero-order valence-corrected chi connectivity index (χ0v) is 16.2. The molecular weight excluding hydrogens is 354 g/mol. The van der Waals surface area contributed by atoms with Gasteiger partial charge in [0.05, 0.1) is 18.4 Å². The molecule has 1 saturated heterocycles. The molecule has 0 bridgehead atoms.